The largest absolute Gasteiger partial charge is 0 e. The minimum Gasteiger partial charge on any atom is 0 e. The molecule has 1 radical (unpaired) electrons. The van der Waals surface area contributed by atoms with Gasteiger partial charge in [-0.2, -0.15) is 10.5 Å². The molecule has 18 heavy (non-hydrogen) atoms. The summed E-state index contributed by atoms with van der Waals surface area (Å²) in [5, 5.41) is 23.6. The number of hydrogen-bond acceptors (Lipinski definition) is 3. The average Bonchev–Trinajstić information content (AvgIpc) is 2.18. The van der Waals surface area contributed by atoms with Gasteiger partial charge in [-0.1, -0.05) is 0 Å². The van der Waals surface area contributed by atoms with Crippen LogP contribution in [0.15, 0.2) is 0 Å². The molecule has 0 aliphatic carbocycles. The molecule has 4 nitrogen and oxygen atoms in total. The van der Waals surface area contributed by atoms with Crippen LogP contribution in [0.1, 0.15) is 19.3 Å². The molecule has 0 atom stereocenters. The van der Waals surface area contributed by atoms with Gasteiger partial charge in [0.2, 0.25) is 5.92 Å². The fraction of sp³-hybridized carbons (Fsp3) is 0.667. The quantitative estimate of drug-likeness (QED) is 0.585. The first-order valence-electron chi connectivity index (χ1n) is 5.58. The summed E-state index contributed by atoms with van der Waals surface area (Å²) in [5.74, 6) is -2.91. The summed E-state index contributed by atoms with van der Waals surface area (Å²) in [6.45, 7) is 7.94. The number of rotatable bonds is 1. The third kappa shape index (κ3) is 8.99. The summed E-state index contributed by atoms with van der Waals surface area (Å²) in [6, 6.07) is 2.58. The number of aliphatic carboxylic acids is 1. The van der Waals surface area contributed by atoms with Gasteiger partial charge in [-0.05, 0) is 0 Å². The fourth-order valence-electron chi connectivity index (χ4n) is 1.73. The van der Waals surface area contributed by atoms with Gasteiger partial charge in [0.15, 0.2) is 0 Å². The Bertz CT molecular complexity index is 339. The number of carbonyl (C=O) groups is 1. The fourth-order valence-corrected chi connectivity index (χ4v) is 4.56. The van der Waals surface area contributed by atoms with Crippen molar-refractivity contribution in [3.8, 4) is 12.1 Å². The molecule has 0 bridgehead atoms. The van der Waals surface area contributed by atoms with E-state index in [2.05, 4.69) is 20.0 Å². The molecular weight excluding hydrogens is 324 g/mol. The van der Waals surface area contributed by atoms with Gasteiger partial charge in [-0.25, -0.2) is 4.79 Å². The third-order valence-electron chi connectivity index (χ3n) is 2.85. The van der Waals surface area contributed by atoms with Crippen LogP contribution in [-0.2, 0) is 37.5 Å². The monoisotopic (exact) mass is 344 g/mol. The molecule has 0 amide bonds. The van der Waals surface area contributed by atoms with E-state index in [1.165, 1.54) is 43.7 Å². The van der Waals surface area contributed by atoms with Gasteiger partial charge in [0, 0.05) is 32.7 Å². The van der Waals surface area contributed by atoms with Gasteiger partial charge >= 0.3 is 64.2 Å². The summed E-state index contributed by atoms with van der Waals surface area (Å²) >= 11 is 0. The zero-order valence-corrected chi connectivity index (χ0v) is 14.8. The average molecular weight is 344 g/mol. The minimum atomic E-state index is -1.52. The normalized spacial score (nSPS) is 21.6. The Kier molecular flexibility index (Phi) is 9.27. The number of carboxylic acid groups (broad SMARTS) is 1. The molecule has 1 fully saturated rings. The Labute approximate surface area is 135 Å². The van der Waals surface area contributed by atoms with Gasteiger partial charge in [-0.3, -0.25) is 0 Å². The molecular formula is C12H20N2O2PY-. The molecule has 1 rings (SSSR count). The van der Waals surface area contributed by atoms with Crippen molar-refractivity contribution in [3.05, 3.63) is 6.66 Å². The molecule has 1 saturated heterocycles. The van der Waals surface area contributed by atoms with Crippen molar-refractivity contribution in [1.82, 2.24) is 0 Å². The number of nitriles is 2. The summed E-state index contributed by atoms with van der Waals surface area (Å²) in [4.78, 5) is 9.72. The second kappa shape index (κ2) is 8.21. The topological polar surface area (TPSA) is 84.9 Å². The standard InChI is InChI=1S/C8H18P.C4H2N2O2.Y/c1-9(2,3)7-5-4-6-8-9;5-1-3(2-6)4(7)8;/h1,4-8H2,2-3H3;3H,(H,7,8);/q-1;;. The Morgan fingerprint density at radius 3 is 1.72 bits per heavy atom. The molecule has 0 aromatic heterocycles. The summed E-state index contributed by atoms with van der Waals surface area (Å²) in [5.41, 5.74) is 0. The predicted octanol–water partition coefficient (Wildman–Crippen LogP) is 2.51. The van der Waals surface area contributed by atoms with E-state index in [1.54, 1.807) is 0 Å². The second-order valence-electron chi connectivity index (χ2n) is 5.55. The Morgan fingerprint density at radius 1 is 1.22 bits per heavy atom. The molecule has 0 aromatic rings. The van der Waals surface area contributed by atoms with Gasteiger partial charge < -0.3 is 5.11 Å². The third-order valence-corrected chi connectivity index (χ3v) is 6.53. The first kappa shape index (κ1) is 20.3. The van der Waals surface area contributed by atoms with Crippen molar-refractivity contribution in [3.63, 3.8) is 0 Å². The van der Waals surface area contributed by atoms with Gasteiger partial charge in [0.25, 0.3) is 0 Å². The Hall–Kier alpha value is -0.0161. The van der Waals surface area contributed by atoms with Crippen molar-refractivity contribution in [1.29, 1.82) is 10.5 Å². The van der Waals surface area contributed by atoms with E-state index in [4.69, 9.17) is 15.6 Å². The van der Waals surface area contributed by atoms with E-state index in [0.29, 0.717) is 0 Å². The van der Waals surface area contributed by atoms with Crippen LogP contribution in [0, 0.1) is 35.2 Å². The van der Waals surface area contributed by atoms with Crippen molar-refractivity contribution in [2.45, 2.75) is 19.3 Å². The maximum absolute atomic E-state index is 9.72. The SMILES string of the molecule is N#CC(C#N)C(=O)O.[CH2-]P1(C)(C)CCCCC1.[Y]. The van der Waals surface area contributed by atoms with Crippen molar-refractivity contribution < 1.29 is 42.6 Å². The van der Waals surface area contributed by atoms with Crippen LogP contribution in [0.2, 0.25) is 0 Å². The summed E-state index contributed by atoms with van der Waals surface area (Å²) in [7, 11) is 0. The molecule has 0 spiro atoms. The van der Waals surface area contributed by atoms with E-state index in [1.807, 2.05) is 0 Å². The Morgan fingerprint density at radius 2 is 1.61 bits per heavy atom. The summed E-state index contributed by atoms with van der Waals surface area (Å²) in [6.07, 6.45) is 7.20. The van der Waals surface area contributed by atoms with E-state index in [9.17, 15) is 4.79 Å². The van der Waals surface area contributed by atoms with Crippen LogP contribution in [0.4, 0.5) is 0 Å². The number of nitrogens with zero attached hydrogens (tertiary/aromatic N) is 2. The maximum atomic E-state index is 9.72. The predicted molar refractivity (Wildman–Crippen MR) is 70.1 cm³/mol. The molecule has 0 saturated carbocycles. The first-order valence-corrected chi connectivity index (χ1v) is 9.27. The van der Waals surface area contributed by atoms with E-state index >= 15 is 0 Å². The number of carboxylic acids is 1. The maximum Gasteiger partial charge on any atom is 0 e. The molecule has 1 N–H and O–H groups in total. The van der Waals surface area contributed by atoms with E-state index < -0.39 is 18.5 Å². The zero-order chi connectivity index (χ0) is 13.6. The van der Waals surface area contributed by atoms with E-state index in [0.717, 1.165) is 0 Å². The van der Waals surface area contributed by atoms with Crippen LogP contribution in [-0.4, -0.2) is 36.7 Å². The summed E-state index contributed by atoms with van der Waals surface area (Å²) < 4.78 is 0. The molecule has 99 valence electrons. The molecule has 1 heterocycles. The molecule has 1 aliphatic heterocycles. The van der Waals surface area contributed by atoms with Crippen molar-refractivity contribution in [2.24, 2.45) is 5.92 Å². The van der Waals surface area contributed by atoms with Gasteiger partial charge in [0.1, 0.15) is 0 Å². The first-order chi connectivity index (χ1) is 7.69. The smallest absolute Gasteiger partial charge is 0 e. The van der Waals surface area contributed by atoms with Crippen LogP contribution < -0.4 is 0 Å². The van der Waals surface area contributed by atoms with Gasteiger partial charge in [0.05, 0.1) is 12.1 Å². The van der Waals surface area contributed by atoms with Gasteiger partial charge in [-0.15, -0.1) is 0 Å². The number of hydrogen-bond donors (Lipinski definition) is 1. The zero-order valence-electron chi connectivity index (χ0n) is 11.1. The minimum absolute atomic E-state index is 0. The second-order valence-corrected chi connectivity index (χ2v) is 12.5. The van der Waals surface area contributed by atoms with Crippen molar-refractivity contribution in [2.75, 3.05) is 25.7 Å². The Balaban J connectivity index is 0. The van der Waals surface area contributed by atoms with Crippen LogP contribution in [0.25, 0.3) is 0 Å². The molecule has 0 unspecified atom stereocenters. The van der Waals surface area contributed by atoms with Crippen LogP contribution in [0.3, 0.4) is 0 Å². The molecule has 1 aliphatic rings. The van der Waals surface area contributed by atoms with Crippen LogP contribution >= 0.6 is 6.60 Å². The molecule has 6 heteroatoms. The van der Waals surface area contributed by atoms with E-state index in [-0.39, 0.29) is 32.7 Å². The van der Waals surface area contributed by atoms with Crippen LogP contribution in [0.5, 0.6) is 0 Å². The molecule has 0 aromatic carbocycles. The van der Waals surface area contributed by atoms with Crippen molar-refractivity contribution >= 4 is 12.6 Å².